The monoisotopic (exact) mass is 554 g/mol. The Morgan fingerprint density at radius 2 is 1.59 bits per heavy atom. The van der Waals surface area contributed by atoms with Crippen LogP contribution in [0, 0.1) is 0 Å². The minimum atomic E-state index is -0.253. The highest BCUT2D eigenvalue weighted by Gasteiger charge is 2.30. The second-order valence-electron chi connectivity index (χ2n) is 10.0. The first-order chi connectivity index (χ1) is 19.9. The van der Waals surface area contributed by atoms with Crippen molar-refractivity contribution in [1.82, 2.24) is 4.90 Å². The number of amides is 3. The average Bonchev–Trinajstić information content (AvgIpc) is 3.32. The number of nitrogens with one attached hydrogen (secondary N) is 2. The maximum absolute atomic E-state index is 13.3. The van der Waals surface area contributed by atoms with Gasteiger partial charge in [-0.05, 0) is 55.2 Å². The summed E-state index contributed by atoms with van der Waals surface area (Å²) >= 11 is 0. The van der Waals surface area contributed by atoms with E-state index in [1.165, 1.54) is 11.8 Å². The zero-order chi connectivity index (χ0) is 28.9. The van der Waals surface area contributed by atoms with E-state index in [2.05, 4.69) is 10.6 Å². The summed E-state index contributed by atoms with van der Waals surface area (Å²) in [4.78, 5) is 42.0. The summed E-state index contributed by atoms with van der Waals surface area (Å²) in [6.45, 7) is 2.94. The molecule has 3 aromatic rings. The van der Waals surface area contributed by atoms with E-state index in [9.17, 15) is 14.4 Å². The maximum atomic E-state index is 13.3. The number of ether oxygens (including phenoxy) is 2. The maximum Gasteiger partial charge on any atom is 0.258 e. The van der Waals surface area contributed by atoms with Gasteiger partial charge in [-0.3, -0.25) is 14.4 Å². The van der Waals surface area contributed by atoms with Crippen molar-refractivity contribution < 1.29 is 23.9 Å². The fourth-order valence-corrected chi connectivity index (χ4v) is 5.26. The summed E-state index contributed by atoms with van der Waals surface area (Å²) < 4.78 is 10.9. The molecule has 3 amide bonds. The van der Waals surface area contributed by atoms with E-state index in [4.69, 9.17) is 9.47 Å². The smallest absolute Gasteiger partial charge is 0.258 e. The van der Waals surface area contributed by atoms with Crippen LogP contribution in [0.4, 0.5) is 17.1 Å². The SMILES string of the molecule is COc1cc2c(cc1OC)C(=C(Nc1ccc(N(CC(=O)N3CCCCC3)C(C)=O)cc1)c1ccccc1)C(=O)N2. The van der Waals surface area contributed by atoms with Crippen molar-refractivity contribution in [3.63, 3.8) is 0 Å². The van der Waals surface area contributed by atoms with Crippen molar-refractivity contribution in [2.75, 3.05) is 49.4 Å². The quantitative estimate of drug-likeness (QED) is 0.380. The van der Waals surface area contributed by atoms with Crippen LogP contribution in [0.25, 0.3) is 11.3 Å². The van der Waals surface area contributed by atoms with Crippen LogP contribution in [-0.2, 0) is 14.4 Å². The Morgan fingerprint density at radius 1 is 0.927 bits per heavy atom. The molecule has 0 bridgehead atoms. The Bertz CT molecular complexity index is 1480. The van der Waals surface area contributed by atoms with E-state index in [1.54, 1.807) is 38.5 Å². The van der Waals surface area contributed by atoms with Crippen LogP contribution in [0.1, 0.15) is 37.3 Å². The van der Waals surface area contributed by atoms with Crippen LogP contribution in [0.3, 0.4) is 0 Å². The normalized spacial score (nSPS) is 15.5. The van der Waals surface area contributed by atoms with E-state index in [1.807, 2.05) is 47.4 Å². The summed E-state index contributed by atoms with van der Waals surface area (Å²) in [6, 6.07) is 20.4. The minimum absolute atomic E-state index is 0.00365. The predicted molar refractivity (Wildman–Crippen MR) is 160 cm³/mol. The van der Waals surface area contributed by atoms with Gasteiger partial charge in [0.05, 0.1) is 31.2 Å². The fraction of sp³-hybridized carbons (Fsp3) is 0.281. The number of hydrogen-bond acceptors (Lipinski definition) is 6. The molecule has 212 valence electrons. The molecule has 2 heterocycles. The van der Waals surface area contributed by atoms with E-state index in [0.717, 1.165) is 37.9 Å². The summed E-state index contributed by atoms with van der Waals surface area (Å²) in [7, 11) is 3.11. The number of benzene rings is 3. The Kier molecular flexibility index (Phi) is 8.24. The molecular formula is C32H34N4O5. The van der Waals surface area contributed by atoms with Gasteiger partial charge in [-0.1, -0.05) is 30.3 Å². The van der Waals surface area contributed by atoms with Gasteiger partial charge < -0.3 is 29.9 Å². The first kappa shape index (κ1) is 27.8. The van der Waals surface area contributed by atoms with Gasteiger partial charge in [0.25, 0.3) is 5.91 Å². The van der Waals surface area contributed by atoms with Crippen molar-refractivity contribution in [2.24, 2.45) is 0 Å². The Labute approximate surface area is 239 Å². The van der Waals surface area contributed by atoms with Crippen molar-refractivity contribution in [3.05, 3.63) is 77.9 Å². The number of fused-ring (bicyclic) bond motifs is 1. The fourth-order valence-electron chi connectivity index (χ4n) is 5.26. The lowest BCUT2D eigenvalue weighted by molar-refractivity contribution is -0.132. The van der Waals surface area contributed by atoms with E-state index in [0.29, 0.717) is 45.4 Å². The second-order valence-corrected chi connectivity index (χ2v) is 10.0. The highest BCUT2D eigenvalue weighted by atomic mass is 16.5. The van der Waals surface area contributed by atoms with Gasteiger partial charge in [-0.15, -0.1) is 0 Å². The van der Waals surface area contributed by atoms with E-state index < -0.39 is 0 Å². The molecule has 2 aliphatic heterocycles. The van der Waals surface area contributed by atoms with Crippen LogP contribution >= 0.6 is 0 Å². The predicted octanol–water partition coefficient (Wildman–Crippen LogP) is 5.00. The minimum Gasteiger partial charge on any atom is -0.493 e. The Balaban J connectivity index is 1.47. The summed E-state index contributed by atoms with van der Waals surface area (Å²) in [5, 5.41) is 6.37. The number of methoxy groups -OCH3 is 2. The molecule has 3 aromatic carbocycles. The van der Waals surface area contributed by atoms with Gasteiger partial charge in [0.1, 0.15) is 6.54 Å². The van der Waals surface area contributed by atoms with Gasteiger partial charge in [0, 0.05) is 43.0 Å². The van der Waals surface area contributed by atoms with Gasteiger partial charge >= 0.3 is 0 Å². The number of piperidine rings is 1. The summed E-state index contributed by atoms with van der Waals surface area (Å²) in [5.74, 6) is 0.534. The topological polar surface area (TPSA) is 100 Å². The molecule has 0 spiro atoms. The number of rotatable bonds is 8. The summed E-state index contributed by atoms with van der Waals surface area (Å²) in [5.41, 5.74) is 4.56. The van der Waals surface area contributed by atoms with Gasteiger partial charge in [-0.2, -0.15) is 0 Å². The molecule has 0 saturated carbocycles. The number of anilines is 3. The molecule has 41 heavy (non-hydrogen) atoms. The molecule has 0 radical (unpaired) electrons. The lowest BCUT2D eigenvalue weighted by atomic mass is 9.99. The van der Waals surface area contributed by atoms with Crippen molar-refractivity contribution in [3.8, 4) is 11.5 Å². The van der Waals surface area contributed by atoms with Gasteiger partial charge in [0.15, 0.2) is 11.5 Å². The number of carbonyl (C=O) groups excluding carboxylic acids is 3. The van der Waals surface area contributed by atoms with Crippen LogP contribution in [0.5, 0.6) is 11.5 Å². The molecule has 9 heteroatoms. The molecule has 1 fully saturated rings. The lowest BCUT2D eigenvalue weighted by Gasteiger charge is -2.29. The third-order valence-corrected chi connectivity index (χ3v) is 7.41. The third-order valence-electron chi connectivity index (χ3n) is 7.41. The summed E-state index contributed by atoms with van der Waals surface area (Å²) in [6.07, 6.45) is 3.12. The number of carbonyl (C=O) groups is 3. The molecule has 0 aliphatic carbocycles. The second kappa shape index (κ2) is 12.2. The van der Waals surface area contributed by atoms with E-state index >= 15 is 0 Å². The standard InChI is InChI=1S/C32H34N4O5/c1-21(37)36(20-29(38)35-16-8-5-9-17-35)24-14-12-23(13-15-24)33-31(22-10-6-4-7-11-22)30-25-18-27(40-2)28(41-3)19-26(25)34-32(30)39/h4,6-7,10-15,18-19,33H,5,8-9,16-17,20H2,1-3H3,(H,34,39). The van der Waals surface area contributed by atoms with E-state index in [-0.39, 0.29) is 24.3 Å². The van der Waals surface area contributed by atoms with Crippen LogP contribution in [0.15, 0.2) is 66.7 Å². The number of hydrogen-bond donors (Lipinski definition) is 2. The molecule has 2 aliphatic rings. The first-order valence-corrected chi connectivity index (χ1v) is 13.7. The van der Waals surface area contributed by atoms with Crippen LogP contribution in [-0.4, -0.2) is 56.5 Å². The molecule has 0 unspecified atom stereocenters. The Morgan fingerprint density at radius 3 is 2.22 bits per heavy atom. The molecule has 0 aromatic heterocycles. The molecule has 9 nitrogen and oxygen atoms in total. The van der Waals surface area contributed by atoms with Gasteiger partial charge in [-0.25, -0.2) is 0 Å². The highest BCUT2D eigenvalue weighted by molar-refractivity contribution is 6.37. The highest BCUT2D eigenvalue weighted by Crippen LogP contribution is 2.43. The lowest BCUT2D eigenvalue weighted by Crippen LogP contribution is -2.44. The van der Waals surface area contributed by atoms with Crippen molar-refractivity contribution in [1.29, 1.82) is 0 Å². The zero-order valence-corrected chi connectivity index (χ0v) is 23.5. The number of nitrogens with zero attached hydrogens (tertiary/aromatic N) is 2. The van der Waals surface area contributed by atoms with Crippen molar-refractivity contribution in [2.45, 2.75) is 26.2 Å². The first-order valence-electron chi connectivity index (χ1n) is 13.7. The third kappa shape index (κ3) is 5.89. The molecular weight excluding hydrogens is 520 g/mol. The average molecular weight is 555 g/mol. The largest absolute Gasteiger partial charge is 0.493 e. The zero-order valence-electron chi connectivity index (χ0n) is 23.5. The molecule has 5 rings (SSSR count). The van der Waals surface area contributed by atoms with Crippen LogP contribution in [0.2, 0.25) is 0 Å². The van der Waals surface area contributed by atoms with Crippen LogP contribution < -0.4 is 25.0 Å². The molecule has 1 saturated heterocycles. The molecule has 2 N–H and O–H groups in total. The Hall–Kier alpha value is -4.79. The number of likely N-dealkylation sites (tertiary alicyclic amines) is 1. The van der Waals surface area contributed by atoms with Crippen molar-refractivity contribution >= 4 is 46.1 Å². The molecule has 0 atom stereocenters. The van der Waals surface area contributed by atoms with Gasteiger partial charge in [0.2, 0.25) is 11.8 Å².